The van der Waals surface area contributed by atoms with Crippen molar-refractivity contribution in [3.8, 4) is 0 Å². The highest BCUT2D eigenvalue weighted by Crippen LogP contribution is 2.41. The van der Waals surface area contributed by atoms with Crippen molar-refractivity contribution in [2.45, 2.75) is 70.9 Å². The zero-order chi connectivity index (χ0) is 14.4. The van der Waals surface area contributed by atoms with E-state index in [1.54, 1.807) is 22.3 Å². The normalized spacial score (nSPS) is 25.8. The molecule has 114 valence electrons. The van der Waals surface area contributed by atoms with Gasteiger partial charge in [0.2, 0.25) is 5.91 Å². The molecule has 1 amide bonds. The third kappa shape index (κ3) is 2.33. The summed E-state index contributed by atoms with van der Waals surface area (Å²) in [6.45, 7) is 3.79. The van der Waals surface area contributed by atoms with Crippen molar-refractivity contribution in [1.82, 2.24) is 0 Å². The summed E-state index contributed by atoms with van der Waals surface area (Å²) >= 11 is 1.91. The average Bonchev–Trinajstić information content (AvgIpc) is 3.13. The van der Waals surface area contributed by atoms with E-state index in [0.29, 0.717) is 0 Å². The van der Waals surface area contributed by atoms with Crippen molar-refractivity contribution >= 4 is 22.2 Å². The van der Waals surface area contributed by atoms with Gasteiger partial charge in [0.25, 0.3) is 0 Å². The lowest BCUT2D eigenvalue weighted by Crippen LogP contribution is -3.16. The van der Waals surface area contributed by atoms with Crippen LogP contribution in [0.3, 0.4) is 0 Å². The molecule has 1 aliphatic heterocycles. The smallest absolute Gasteiger partial charge is 0.228 e. The SMILES string of the molecule is CC(=O)N1C[NH+](C2CCCC2)Cc2c1sc1c2CCCC1. The van der Waals surface area contributed by atoms with Gasteiger partial charge in [-0.15, -0.1) is 11.3 Å². The van der Waals surface area contributed by atoms with Gasteiger partial charge in [-0.25, -0.2) is 0 Å². The minimum atomic E-state index is 0.227. The Bertz CT molecular complexity index is 559. The predicted molar refractivity (Wildman–Crippen MR) is 85.9 cm³/mol. The minimum absolute atomic E-state index is 0.227. The Morgan fingerprint density at radius 2 is 1.90 bits per heavy atom. The van der Waals surface area contributed by atoms with E-state index in [2.05, 4.69) is 4.90 Å². The first-order valence-corrected chi connectivity index (χ1v) is 9.32. The number of amides is 1. The van der Waals surface area contributed by atoms with Crippen molar-refractivity contribution in [3.05, 3.63) is 16.0 Å². The molecular formula is C17H25N2OS+. The maximum Gasteiger partial charge on any atom is 0.228 e. The first-order valence-electron chi connectivity index (χ1n) is 8.50. The maximum atomic E-state index is 12.2. The number of nitrogens with zero attached hydrogens (tertiary/aromatic N) is 1. The minimum Gasteiger partial charge on any atom is -0.311 e. The van der Waals surface area contributed by atoms with Crippen LogP contribution in [0.2, 0.25) is 0 Å². The van der Waals surface area contributed by atoms with Gasteiger partial charge in [-0.1, -0.05) is 0 Å². The Balaban J connectivity index is 1.71. The Morgan fingerprint density at radius 3 is 2.67 bits per heavy atom. The number of anilines is 1. The second-order valence-corrected chi connectivity index (χ2v) is 8.00. The highest BCUT2D eigenvalue weighted by Gasteiger charge is 2.37. The van der Waals surface area contributed by atoms with E-state index in [4.69, 9.17) is 0 Å². The van der Waals surface area contributed by atoms with Crippen LogP contribution in [0.15, 0.2) is 0 Å². The third-order valence-electron chi connectivity index (χ3n) is 5.58. The molecule has 3 aliphatic rings. The first-order chi connectivity index (χ1) is 10.2. The number of thiophene rings is 1. The highest BCUT2D eigenvalue weighted by atomic mass is 32.1. The first kappa shape index (κ1) is 13.8. The molecule has 0 radical (unpaired) electrons. The van der Waals surface area contributed by atoms with Gasteiger partial charge in [-0.2, -0.15) is 0 Å². The molecule has 2 heterocycles. The summed E-state index contributed by atoms with van der Waals surface area (Å²) in [5.74, 6) is 0.227. The fraction of sp³-hybridized carbons (Fsp3) is 0.706. The molecule has 1 aromatic heterocycles. The van der Waals surface area contributed by atoms with Gasteiger partial charge < -0.3 is 4.90 Å². The summed E-state index contributed by atoms with van der Waals surface area (Å²) in [4.78, 5) is 17.4. The zero-order valence-electron chi connectivity index (χ0n) is 12.9. The number of hydrogen-bond acceptors (Lipinski definition) is 2. The number of fused-ring (bicyclic) bond motifs is 3. The van der Waals surface area contributed by atoms with Crippen LogP contribution < -0.4 is 9.80 Å². The second-order valence-electron chi connectivity index (χ2n) is 6.92. The van der Waals surface area contributed by atoms with Gasteiger partial charge in [-0.3, -0.25) is 9.69 Å². The van der Waals surface area contributed by atoms with Gasteiger partial charge >= 0.3 is 0 Å². The predicted octanol–water partition coefficient (Wildman–Crippen LogP) is 2.28. The maximum absolute atomic E-state index is 12.2. The van der Waals surface area contributed by atoms with Crippen LogP contribution in [0.5, 0.6) is 0 Å². The van der Waals surface area contributed by atoms with Crippen LogP contribution in [-0.4, -0.2) is 18.6 Å². The quantitative estimate of drug-likeness (QED) is 0.846. The van der Waals surface area contributed by atoms with Gasteiger partial charge in [0.15, 0.2) is 6.67 Å². The molecule has 4 heteroatoms. The van der Waals surface area contributed by atoms with Gasteiger partial charge in [0.05, 0.1) is 6.04 Å². The topological polar surface area (TPSA) is 24.8 Å². The summed E-state index contributed by atoms with van der Waals surface area (Å²) in [6.07, 6.45) is 10.6. The van der Waals surface area contributed by atoms with Crippen molar-refractivity contribution in [1.29, 1.82) is 0 Å². The molecular weight excluding hydrogens is 280 g/mol. The van der Waals surface area contributed by atoms with Crippen molar-refractivity contribution in [3.63, 3.8) is 0 Å². The fourth-order valence-electron chi connectivity index (χ4n) is 4.44. The third-order valence-corrected chi connectivity index (χ3v) is 6.94. The fourth-order valence-corrected chi connectivity index (χ4v) is 5.89. The average molecular weight is 305 g/mol. The van der Waals surface area contributed by atoms with Crippen LogP contribution in [0.25, 0.3) is 0 Å². The number of aryl methyl sites for hydroxylation is 1. The Labute approximate surface area is 130 Å². The Hall–Kier alpha value is -0.870. The molecule has 1 unspecified atom stereocenters. The van der Waals surface area contributed by atoms with Gasteiger partial charge in [0, 0.05) is 17.4 Å². The number of hydrogen-bond donors (Lipinski definition) is 1. The van der Waals surface area contributed by atoms with E-state index in [0.717, 1.165) is 19.3 Å². The summed E-state index contributed by atoms with van der Waals surface area (Å²) in [5, 5.41) is 1.29. The molecule has 0 spiro atoms. The van der Waals surface area contributed by atoms with Gasteiger partial charge in [-0.05, 0) is 56.9 Å². The number of carbonyl (C=O) groups excluding carboxylic acids is 1. The zero-order valence-corrected chi connectivity index (χ0v) is 13.7. The molecule has 1 atom stereocenters. The molecule has 0 bridgehead atoms. The number of rotatable bonds is 1. The molecule has 1 N–H and O–H groups in total. The second kappa shape index (κ2) is 5.40. The lowest BCUT2D eigenvalue weighted by atomic mass is 9.94. The molecule has 0 saturated heterocycles. The highest BCUT2D eigenvalue weighted by molar-refractivity contribution is 7.16. The Morgan fingerprint density at radius 1 is 1.14 bits per heavy atom. The lowest BCUT2D eigenvalue weighted by molar-refractivity contribution is -0.938. The van der Waals surface area contributed by atoms with Crippen LogP contribution in [0.4, 0.5) is 5.00 Å². The molecule has 1 aromatic rings. The van der Waals surface area contributed by atoms with Crippen LogP contribution in [-0.2, 0) is 24.2 Å². The summed E-state index contributed by atoms with van der Waals surface area (Å²) < 4.78 is 0. The van der Waals surface area contributed by atoms with Crippen molar-refractivity contribution in [2.75, 3.05) is 11.6 Å². The van der Waals surface area contributed by atoms with E-state index < -0.39 is 0 Å². The summed E-state index contributed by atoms with van der Waals surface area (Å²) in [7, 11) is 0. The monoisotopic (exact) mass is 305 g/mol. The van der Waals surface area contributed by atoms with Crippen LogP contribution in [0.1, 0.15) is 61.5 Å². The van der Waals surface area contributed by atoms with E-state index in [1.807, 2.05) is 11.3 Å². The van der Waals surface area contributed by atoms with Crippen LogP contribution in [0, 0.1) is 0 Å². The number of nitrogens with one attached hydrogen (secondary N) is 1. The molecule has 0 aromatic carbocycles. The molecule has 21 heavy (non-hydrogen) atoms. The van der Waals surface area contributed by atoms with E-state index >= 15 is 0 Å². The Kier molecular flexibility index (Phi) is 3.54. The number of quaternary nitrogens is 1. The standard InChI is InChI=1S/C17H24N2OS/c1-12(20)19-11-18(13-6-2-3-7-13)10-15-14-8-4-5-9-16(14)21-17(15)19/h13H,2-11H2,1H3/p+1. The van der Waals surface area contributed by atoms with E-state index in [-0.39, 0.29) is 5.91 Å². The van der Waals surface area contributed by atoms with E-state index in [9.17, 15) is 4.79 Å². The van der Waals surface area contributed by atoms with E-state index in [1.165, 1.54) is 61.9 Å². The summed E-state index contributed by atoms with van der Waals surface area (Å²) in [5.41, 5.74) is 3.14. The molecule has 3 nitrogen and oxygen atoms in total. The molecule has 1 fully saturated rings. The number of carbonyl (C=O) groups is 1. The van der Waals surface area contributed by atoms with Crippen molar-refractivity contribution < 1.29 is 9.69 Å². The molecule has 4 rings (SSSR count). The summed E-state index contributed by atoms with van der Waals surface area (Å²) in [6, 6.07) is 0.777. The van der Waals surface area contributed by atoms with Crippen molar-refractivity contribution in [2.24, 2.45) is 0 Å². The largest absolute Gasteiger partial charge is 0.311 e. The lowest BCUT2D eigenvalue weighted by Gasteiger charge is -2.35. The van der Waals surface area contributed by atoms with Gasteiger partial charge in [0.1, 0.15) is 11.5 Å². The molecule has 2 aliphatic carbocycles. The molecule has 1 saturated carbocycles. The van der Waals surface area contributed by atoms with Crippen LogP contribution >= 0.6 is 11.3 Å².